The minimum absolute atomic E-state index is 0.0983. The van der Waals surface area contributed by atoms with Gasteiger partial charge in [-0.1, -0.05) is 23.2 Å². The maximum atomic E-state index is 14.8. The molecule has 26 heavy (non-hydrogen) atoms. The summed E-state index contributed by atoms with van der Waals surface area (Å²) in [6.07, 6.45) is 0. The highest BCUT2D eigenvalue weighted by molar-refractivity contribution is 6.68. The van der Waals surface area contributed by atoms with Gasteiger partial charge in [0, 0.05) is 23.7 Å². The van der Waals surface area contributed by atoms with Crippen molar-refractivity contribution in [1.82, 2.24) is 4.48 Å². The molecule has 3 nitrogen and oxygen atoms in total. The van der Waals surface area contributed by atoms with E-state index in [1.165, 1.54) is 6.07 Å². The largest absolute Gasteiger partial charge is 0.386 e. The lowest BCUT2D eigenvalue weighted by molar-refractivity contribution is 0.309. The number of aliphatic hydroxyl groups is 1. The van der Waals surface area contributed by atoms with Crippen LogP contribution < -0.4 is 4.48 Å². The Morgan fingerprint density at radius 1 is 1.00 bits per heavy atom. The molecule has 0 amide bonds. The van der Waals surface area contributed by atoms with Crippen LogP contribution in [-0.4, -0.2) is 17.0 Å². The maximum absolute atomic E-state index is 14.8. The van der Waals surface area contributed by atoms with Crippen LogP contribution in [0.15, 0.2) is 46.7 Å². The van der Waals surface area contributed by atoms with Crippen LogP contribution in [-0.2, 0) is 0 Å². The average Bonchev–Trinajstić information content (AvgIpc) is 2.77. The molecule has 0 fully saturated rings. The number of halogens is 6. The quantitative estimate of drug-likeness (QED) is 0.486. The minimum Gasteiger partial charge on any atom is -0.386 e. The highest BCUT2D eigenvalue weighted by Gasteiger charge is 2.52. The first-order chi connectivity index (χ1) is 12.2. The first-order valence-corrected chi connectivity index (χ1v) is 8.42. The fourth-order valence-corrected chi connectivity index (χ4v) is 4.07. The summed E-state index contributed by atoms with van der Waals surface area (Å²) in [4.78, 5) is 4.12. The van der Waals surface area contributed by atoms with Crippen LogP contribution in [0.2, 0.25) is 10.0 Å². The van der Waals surface area contributed by atoms with E-state index < -0.39 is 28.5 Å². The fourth-order valence-electron chi connectivity index (χ4n) is 3.05. The highest BCUT2D eigenvalue weighted by Crippen LogP contribution is 2.52. The molecule has 0 saturated heterocycles. The van der Waals surface area contributed by atoms with Gasteiger partial charge >= 0.3 is 5.29 Å². The molecule has 2 aromatic carbocycles. The molecule has 3 rings (SSSR count). The number of hydrogen-bond donors (Lipinski definition) is 1. The predicted octanol–water partition coefficient (Wildman–Crippen LogP) is 5.88. The van der Waals surface area contributed by atoms with Crippen LogP contribution in [0.3, 0.4) is 0 Å². The molecular weight excluding hydrogens is 412 g/mol. The van der Waals surface area contributed by atoms with Gasteiger partial charge in [0.25, 0.3) is 0 Å². The first kappa shape index (κ1) is 19.2. The van der Waals surface area contributed by atoms with Crippen molar-refractivity contribution in [3.8, 4) is 0 Å². The van der Waals surface area contributed by atoms with Gasteiger partial charge in [0.05, 0.1) is 0 Å². The summed E-state index contributed by atoms with van der Waals surface area (Å²) in [5, 5.41) is 9.34. The smallest absolute Gasteiger partial charge is 0.315 e. The molecule has 0 bridgehead atoms. The normalized spacial score (nSPS) is 19.9. The van der Waals surface area contributed by atoms with E-state index in [9.17, 15) is 18.3 Å². The lowest BCUT2D eigenvalue weighted by atomic mass is 10.1. The van der Waals surface area contributed by atoms with Gasteiger partial charge < -0.3 is 5.11 Å². The number of hydrogen-bond acceptors (Lipinski definition) is 2. The van der Waals surface area contributed by atoms with Crippen molar-refractivity contribution in [3.05, 3.63) is 69.2 Å². The second-order valence-corrected chi connectivity index (χ2v) is 6.71. The van der Waals surface area contributed by atoms with Crippen molar-refractivity contribution in [1.29, 1.82) is 0 Å². The molecule has 0 aliphatic carbocycles. The van der Waals surface area contributed by atoms with Gasteiger partial charge in [0.2, 0.25) is 5.69 Å². The third-order valence-electron chi connectivity index (χ3n) is 4.10. The zero-order valence-corrected chi connectivity index (χ0v) is 15.5. The molecule has 1 aliphatic rings. The molecule has 9 heteroatoms. The minimum atomic E-state index is -1.02. The topological polar surface area (TPSA) is 32.6 Å². The molecule has 136 valence electrons. The molecule has 0 spiro atoms. The zero-order valence-electron chi connectivity index (χ0n) is 13.2. The Morgan fingerprint density at radius 3 is 2.23 bits per heavy atom. The second kappa shape index (κ2) is 6.87. The van der Waals surface area contributed by atoms with Gasteiger partial charge in [0.15, 0.2) is 17.2 Å². The molecule has 0 saturated carbocycles. The van der Waals surface area contributed by atoms with Crippen LogP contribution >= 0.6 is 34.8 Å². The van der Waals surface area contributed by atoms with Crippen LogP contribution in [0.5, 0.6) is 0 Å². The van der Waals surface area contributed by atoms with Gasteiger partial charge in [-0.25, -0.2) is 13.2 Å². The van der Waals surface area contributed by atoms with Crippen molar-refractivity contribution in [3.63, 3.8) is 0 Å². The summed E-state index contributed by atoms with van der Waals surface area (Å²) in [5.74, 6) is -2.54. The van der Waals surface area contributed by atoms with Crippen molar-refractivity contribution >= 4 is 51.5 Å². The maximum Gasteiger partial charge on any atom is 0.315 e. The van der Waals surface area contributed by atoms with Gasteiger partial charge in [-0.2, -0.15) is 9.48 Å². The number of benzene rings is 2. The number of rotatable bonds is 3. The number of allylic oxidation sites excluding steroid dienone is 1. The van der Waals surface area contributed by atoms with Crippen molar-refractivity contribution < 1.29 is 18.3 Å². The van der Waals surface area contributed by atoms with Gasteiger partial charge in [-0.15, -0.1) is 0 Å². The Balaban J connectivity index is 2.50. The van der Waals surface area contributed by atoms with E-state index in [0.29, 0.717) is 11.8 Å². The highest BCUT2D eigenvalue weighted by atomic mass is 35.5. The summed E-state index contributed by atoms with van der Waals surface area (Å²) in [6, 6.07) is 4.93. The molecule has 0 radical (unpaired) electrons. The number of amidine groups is 1. The number of aliphatic imine (C=N–C) groups is 1. The molecule has 1 aliphatic heterocycles. The Morgan fingerprint density at radius 2 is 1.65 bits per heavy atom. The van der Waals surface area contributed by atoms with E-state index in [4.69, 9.17) is 34.8 Å². The van der Waals surface area contributed by atoms with Gasteiger partial charge in [-0.05, 0) is 25.1 Å². The van der Waals surface area contributed by atoms with Crippen LogP contribution in [0, 0.1) is 17.5 Å². The van der Waals surface area contributed by atoms with E-state index in [1.54, 1.807) is 6.92 Å². The van der Waals surface area contributed by atoms with Crippen LogP contribution in [0.4, 0.5) is 24.5 Å². The van der Waals surface area contributed by atoms with E-state index >= 15 is 0 Å². The lowest BCUT2D eigenvalue weighted by Gasteiger charge is -2.34. The fraction of sp³-hybridized carbons (Fsp3) is 0.118. The van der Waals surface area contributed by atoms with E-state index in [-0.39, 0.29) is 32.4 Å². The molecule has 2 aromatic rings. The molecular formula is C17H11Cl3F3N2O+. The van der Waals surface area contributed by atoms with Crippen LogP contribution in [0.25, 0.3) is 0 Å². The average molecular weight is 423 g/mol. The predicted molar refractivity (Wildman–Crippen MR) is 97.3 cm³/mol. The molecule has 1 N–H and O–H groups in total. The Hall–Kier alpha value is -1.57. The Labute approximate surface area is 162 Å². The van der Waals surface area contributed by atoms with Crippen molar-refractivity contribution in [2.24, 2.45) is 4.99 Å². The zero-order chi connectivity index (χ0) is 19.2. The van der Waals surface area contributed by atoms with E-state index in [2.05, 4.69) is 4.99 Å². The molecule has 1 heterocycles. The van der Waals surface area contributed by atoms with Crippen LogP contribution in [0.1, 0.15) is 6.92 Å². The summed E-state index contributed by atoms with van der Waals surface area (Å²) in [6.45, 7) is 0.979. The second-order valence-electron chi connectivity index (χ2n) is 5.56. The molecule has 0 aromatic heterocycles. The third-order valence-corrected chi connectivity index (χ3v) is 5.03. The summed E-state index contributed by atoms with van der Waals surface area (Å²) < 4.78 is 41.2. The summed E-state index contributed by atoms with van der Waals surface area (Å²) >= 11 is 18.7. The number of nitrogens with zero attached hydrogens (tertiary/aromatic N) is 2. The number of aliphatic hydroxyl groups excluding tert-OH is 1. The molecule has 1 unspecified atom stereocenters. The van der Waals surface area contributed by atoms with E-state index in [0.717, 1.165) is 18.2 Å². The van der Waals surface area contributed by atoms with E-state index in [1.807, 2.05) is 0 Å². The van der Waals surface area contributed by atoms with Gasteiger partial charge in [-0.3, -0.25) is 0 Å². The lowest BCUT2D eigenvalue weighted by Crippen LogP contribution is -2.46. The Bertz CT molecular complexity index is 955. The SMILES string of the molecule is CC1=C(CO)[N+](c2ccc(F)cc2Cl)(c2c(F)cc(F)cc2Cl)C(Cl)=N1. The van der Waals surface area contributed by atoms with Crippen molar-refractivity contribution in [2.45, 2.75) is 6.92 Å². The molecule has 1 atom stereocenters. The third kappa shape index (κ3) is 2.73. The monoisotopic (exact) mass is 421 g/mol. The summed E-state index contributed by atoms with van der Waals surface area (Å²) in [5.41, 5.74) is 0.278. The Kier molecular flexibility index (Phi) is 5.07. The summed E-state index contributed by atoms with van der Waals surface area (Å²) in [7, 11) is 0. The number of quaternary nitrogens is 1. The standard InChI is InChI=1S/C17H11Cl3F3N2O/c1-8-15(7-26)25(17(20)24-8,14-3-2-9(21)4-11(14)18)16-12(19)5-10(22)6-13(16)23/h2-6,26H,7H2,1H3/q+1. The van der Waals surface area contributed by atoms with Crippen molar-refractivity contribution in [2.75, 3.05) is 6.61 Å². The first-order valence-electron chi connectivity index (χ1n) is 7.29. The van der Waals surface area contributed by atoms with Gasteiger partial charge in [0.1, 0.15) is 34.0 Å².